The third kappa shape index (κ3) is 3.95. The quantitative estimate of drug-likeness (QED) is 0.761. The molecule has 0 unspecified atom stereocenters. The smallest absolute Gasteiger partial charge is 0.323 e. The zero-order valence-corrected chi connectivity index (χ0v) is 8.79. The van der Waals surface area contributed by atoms with Crippen molar-refractivity contribution in [3.8, 4) is 5.75 Å². The molecule has 86 valence electrons. The normalized spacial score (nSPS) is 9.56. The van der Waals surface area contributed by atoms with Crippen LogP contribution in [0.4, 0.5) is 0 Å². The lowest BCUT2D eigenvalue weighted by Gasteiger charge is -2.14. The average molecular weight is 224 g/mol. The van der Waals surface area contributed by atoms with Crippen LogP contribution in [0.2, 0.25) is 0 Å². The third-order valence-electron chi connectivity index (χ3n) is 1.79. The van der Waals surface area contributed by atoms with Gasteiger partial charge in [-0.25, -0.2) is 0 Å². The molecule has 1 aromatic heterocycles. The molecule has 0 radical (unpaired) electrons. The standard InChI is InChI=1S/C10H12N2O4/c1-12(6-10(14)15)9(13)7-16-8-3-2-4-11-5-8/h2-5H,6-7H2,1H3,(H,14,15). The lowest BCUT2D eigenvalue weighted by molar-refractivity contribution is -0.144. The molecule has 0 spiro atoms. The van der Waals surface area contributed by atoms with E-state index in [9.17, 15) is 9.59 Å². The average Bonchev–Trinajstić information content (AvgIpc) is 2.26. The van der Waals surface area contributed by atoms with Gasteiger partial charge in [-0.15, -0.1) is 0 Å². The van der Waals surface area contributed by atoms with Gasteiger partial charge in [0.25, 0.3) is 5.91 Å². The first-order chi connectivity index (χ1) is 7.59. The highest BCUT2D eigenvalue weighted by Crippen LogP contribution is 2.05. The van der Waals surface area contributed by atoms with Gasteiger partial charge in [0.1, 0.15) is 12.3 Å². The molecule has 16 heavy (non-hydrogen) atoms. The van der Waals surface area contributed by atoms with E-state index in [4.69, 9.17) is 9.84 Å². The Morgan fingerprint density at radius 3 is 2.88 bits per heavy atom. The number of carboxylic acid groups (broad SMARTS) is 1. The van der Waals surface area contributed by atoms with Gasteiger partial charge in [-0.2, -0.15) is 0 Å². The number of rotatable bonds is 5. The van der Waals surface area contributed by atoms with Crippen molar-refractivity contribution < 1.29 is 19.4 Å². The van der Waals surface area contributed by atoms with Crippen molar-refractivity contribution in [2.24, 2.45) is 0 Å². The number of aliphatic carboxylic acids is 1. The van der Waals surface area contributed by atoms with E-state index in [0.29, 0.717) is 5.75 Å². The van der Waals surface area contributed by atoms with Crippen LogP contribution in [-0.4, -0.2) is 47.1 Å². The molecule has 1 N–H and O–H groups in total. The predicted octanol–water partition coefficient (Wildman–Crippen LogP) is 0.00340. The van der Waals surface area contributed by atoms with Crippen molar-refractivity contribution in [1.29, 1.82) is 0 Å². The summed E-state index contributed by atoms with van der Waals surface area (Å²) in [4.78, 5) is 26.6. The first-order valence-corrected chi connectivity index (χ1v) is 4.58. The summed E-state index contributed by atoms with van der Waals surface area (Å²) in [5.41, 5.74) is 0. The Kier molecular flexibility index (Phi) is 4.26. The van der Waals surface area contributed by atoms with Crippen LogP contribution >= 0.6 is 0 Å². The molecular formula is C10H12N2O4. The highest BCUT2D eigenvalue weighted by Gasteiger charge is 2.12. The first kappa shape index (κ1) is 12.0. The summed E-state index contributed by atoms with van der Waals surface area (Å²) < 4.78 is 5.12. The van der Waals surface area contributed by atoms with Crippen molar-refractivity contribution >= 4 is 11.9 Å². The fourth-order valence-corrected chi connectivity index (χ4v) is 0.979. The Bertz CT molecular complexity index is 366. The highest BCUT2D eigenvalue weighted by atomic mass is 16.5. The van der Waals surface area contributed by atoms with E-state index >= 15 is 0 Å². The van der Waals surface area contributed by atoms with Gasteiger partial charge in [0.05, 0.1) is 6.20 Å². The molecular weight excluding hydrogens is 212 g/mol. The lowest BCUT2D eigenvalue weighted by Crippen LogP contribution is -2.35. The van der Waals surface area contributed by atoms with Crippen LogP contribution in [0.1, 0.15) is 0 Å². The number of aromatic nitrogens is 1. The molecule has 0 aliphatic heterocycles. The largest absolute Gasteiger partial charge is 0.482 e. The van der Waals surface area contributed by atoms with Crippen molar-refractivity contribution in [3.05, 3.63) is 24.5 Å². The molecule has 0 saturated heterocycles. The summed E-state index contributed by atoms with van der Waals surface area (Å²) in [6, 6.07) is 3.35. The molecule has 0 atom stereocenters. The molecule has 0 aliphatic carbocycles. The van der Waals surface area contributed by atoms with Gasteiger partial charge in [0, 0.05) is 13.2 Å². The van der Waals surface area contributed by atoms with Gasteiger partial charge in [0.15, 0.2) is 6.61 Å². The Morgan fingerprint density at radius 1 is 1.56 bits per heavy atom. The molecule has 1 aromatic rings. The van der Waals surface area contributed by atoms with Crippen molar-refractivity contribution in [1.82, 2.24) is 9.88 Å². The number of carboxylic acids is 1. The van der Waals surface area contributed by atoms with Crippen LogP contribution in [0.5, 0.6) is 5.75 Å². The number of hydrogen-bond donors (Lipinski definition) is 1. The van der Waals surface area contributed by atoms with Crippen LogP contribution in [0.3, 0.4) is 0 Å². The van der Waals surface area contributed by atoms with Crippen molar-refractivity contribution in [2.75, 3.05) is 20.2 Å². The van der Waals surface area contributed by atoms with Crippen LogP contribution in [0.15, 0.2) is 24.5 Å². The minimum absolute atomic E-state index is 0.199. The maximum absolute atomic E-state index is 11.4. The third-order valence-corrected chi connectivity index (χ3v) is 1.79. The monoisotopic (exact) mass is 224 g/mol. The predicted molar refractivity (Wildman–Crippen MR) is 55.0 cm³/mol. The molecule has 0 aromatic carbocycles. The Hall–Kier alpha value is -2.11. The van der Waals surface area contributed by atoms with Gasteiger partial charge >= 0.3 is 5.97 Å². The molecule has 6 heteroatoms. The number of hydrogen-bond acceptors (Lipinski definition) is 4. The van der Waals surface area contributed by atoms with Gasteiger partial charge in [-0.1, -0.05) is 0 Å². The maximum Gasteiger partial charge on any atom is 0.323 e. The van der Waals surface area contributed by atoms with Crippen molar-refractivity contribution in [2.45, 2.75) is 0 Å². The number of amides is 1. The number of carbonyl (C=O) groups is 2. The minimum atomic E-state index is -1.06. The number of pyridine rings is 1. The van der Waals surface area contributed by atoms with Gasteiger partial charge in [0.2, 0.25) is 0 Å². The van der Waals surface area contributed by atoms with E-state index in [-0.39, 0.29) is 13.2 Å². The van der Waals surface area contributed by atoms with Crippen LogP contribution in [-0.2, 0) is 9.59 Å². The Labute approximate surface area is 92.5 Å². The number of ether oxygens (including phenoxy) is 1. The second-order valence-electron chi connectivity index (χ2n) is 3.12. The number of likely N-dealkylation sites (N-methyl/N-ethyl adjacent to an activating group) is 1. The van der Waals surface area contributed by atoms with Gasteiger partial charge < -0.3 is 14.7 Å². The second-order valence-corrected chi connectivity index (χ2v) is 3.12. The van der Waals surface area contributed by atoms with E-state index in [1.807, 2.05) is 0 Å². The van der Waals surface area contributed by atoms with E-state index < -0.39 is 11.9 Å². The maximum atomic E-state index is 11.4. The van der Waals surface area contributed by atoms with E-state index in [2.05, 4.69) is 4.98 Å². The number of carbonyl (C=O) groups excluding carboxylic acids is 1. The Morgan fingerprint density at radius 2 is 2.31 bits per heavy atom. The summed E-state index contributed by atoms with van der Waals surface area (Å²) in [7, 11) is 1.41. The number of nitrogens with zero attached hydrogens (tertiary/aromatic N) is 2. The van der Waals surface area contributed by atoms with Crippen molar-refractivity contribution in [3.63, 3.8) is 0 Å². The molecule has 0 fully saturated rings. The first-order valence-electron chi connectivity index (χ1n) is 4.58. The van der Waals surface area contributed by atoms with E-state index in [0.717, 1.165) is 4.90 Å². The van der Waals surface area contributed by atoms with Gasteiger partial charge in [-0.05, 0) is 12.1 Å². The molecule has 0 aliphatic rings. The van der Waals surface area contributed by atoms with Crippen LogP contribution in [0.25, 0.3) is 0 Å². The van der Waals surface area contributed by atoms with E-state index in [1.54, 1.807) is 18.3 Å². The minimum Gasteiger partial charge on any atom is -0.482 e. The topological polar surface area (TPSA) is 79.7 Å². The highest BCUT2D eigenvalue weighted by molar-refractivity contribution is 5.82. The molecule has 0 bridgehead atoms. The molecule has 1 rings (SSSR count). The van der Waals surface area contributed by atoms with E-state index in [1.165, 1.54) is 13.2 Å². The summed E-state index contributed by atoms with van der Waals surface area (Å²) in [5, 5.41) is 8.47. The zero-order chi connectivity index (χ0) is 12.0. The lowest BCUT2D eigenvalue weighted by atomic mass is 10.4. The summed E-state index contributed by atoms with van der Waals surface area (Å²) in [5.74, 6) is -0.983. The molecule has 6 nitrogen and oxygen atoms in total. The second kappa shape index (κ2) is 5.69. The summed E-state index contributed by atoms with van der Waals surface area (Å²) in [6.07, 6.45) is 3.07. The fourth-order valence-electron chi connectivity index (χ4n) is 0.979. The van der Waals surface area contributed by atoms with Gasteiger partial charge in [-0.3, -0.25) is 14.6 Å². The Balaban J connectivity index is 2.38. The fraction of sp³-hybridized carbons (Fsp3) is 0.300. The molecule has 1 heterocycles. The molecule has 0 saturated carbocycles. The SMILES string of the molecule is CN(CC(=O)O)C(=O)COc1cccnc1. The zero-order valence-electron chi connectivity index (χ0n) is 8.79. The van der Waals surface area contributed by atoms with Crippen LogP contribution in [0, 0.1) is 0 Å². The van der Waals surface area contributed by atoms with Crippen LogP contribution < -0.4 is 4.74 Å². The summed E-state index contributed by atoms with van der Waals surface area (Å²) >= 11 is 0. The summed E-state index contributed by atoms with van der Waals surface area (Å²) in [6.45, 7) is -0.537. The molecule has 1 amide bonds.